The topological polar surface area (TPSA) is 73.4 Å². The number of para-hydroxylation sites is 1. The Balaban J connectivity index is 1.71. The minimum Gasteiger partial charge on any atom is -0.372 e. The van der Waals surface area contributed by atoms with Gasteiger partial charge in [0.15, 0.2) is 0 Å². The van der Waals surface area contributed by atoms with Crippen LogP contribution in [0.1, 0.15) is 13.8 Å². The number of anilines is 5. The summed E-state index contributed by atoms with van der Waals surface area (Å²) in [6.07, 6.45) is 1.40. The number of hydrogen-bond acceptors (Lipinski definition) is 5. The van der Waals surface area contributed by atoms with Crippen molar-refractivity contribution in [1.29, 1.82) is 0 Å². The van der Waals surface area contributed by atoms with Gasteiger partial charge >= 0.3 is 6.03 Å². The number of rotatable bonds is 7. The van der Waals surface area contributed by atoms with Gasteiger partial charge in [-0.15, -0.1) is 0 Å². The molecule has 9 heteroatoms. The van der Waals surface area contributed by atoms with Gasteiger partial charge in [-0.1, -0.05) is 29.3 Å². The van der Waals surface area contributed by atoms with E-state index in [9.17, 15) is 4.79 Å². The molecule has 0 atom stereocenters. The second kappa shape index (κ2) is 10.3. The first-order chi connectivity index (χ1) is 14.9. The molecule has 3 rings (SSSR count). The largest absolute Gasteiger partial charge is 0.372 e. The van der Waals surface area contributed by atoms with Gasteiger partial charge in [-0.05, 0) is 50.2 Å². The number of carbonyl (C=O) groups excluding carboxylic acids is 1. The van der Waals surface area contributed by atoms with E-state index in [0.717, 1.165) is 24.5 Å². The van der Waals surface area contributed by atoms with E-state index in [-0.39, 0.29) is 0 Å². The predicted octanol–water partition coefficient (Wildman–Crippen LogP) is 6.04. The maximum Gasteiger partial charge on any atom is 0.327 e. The summed E-state index contributed by atoms with van der Waals surface area (Å²) in [5.41, 5.74) is 2.40. The highest BCUT2D eigenvalue weighted by atomic mass is 35.5. The zero-order chi connectivity index (χ0) is 22.4. The molecule has 0 saturated heterocycles. The molecule has 7 nitrogen and oxygen atoms in total. The maximum absolute atomic E-state index is 12.7. The van der Waals surface area contributed by atoms with E-state index in [0.29, 0.717) is 27.4 Å². The summed E-state index contributed by atoms with van der Waals surface area (Å²) in [6, 6.07) is 14.4. The molecule has 2 amide bonds. The van der Waals surface area contributed by atoms with Gasteiger partial charge in [0.1, 0.15) is 18.0 Å². The van der Waals surface area contributed by atoms with Crippen molar-refractivity contribution in [2.45, 2.75) is 13.8 Å². The van der Waals surface area contributed by atoms with Crippen LogP contribution in [0.25, 0.3) is 0 Å². The Morgan fingerprint density at radius 2 is 1.65 bits per heavy atom. The second-order valence-corrected chi connectivity index (χ2v) is 7.51. The monoisotopic (exact) mass is 458 g/mol. The number of hydrogen-bond donors (Lipinski definition) is 2. The van der Waals surface area contributed by atoms with Gasteiger partial charge in [0.05, 0.1) is 15.7 Å². The Labute approximate surface area is 192 Å². The Morgan fingerprint density at radius 3 is 2.26 bits per heavy atom. The first-order valence-electron chi connectivity index (χ1n) is 9.85. The van der Waals surface area contributed by atoms with Crippen LogP contribution >= 0.6 is 23.2 Å². The highest BCUT2D eigenvalue weighted by Crippen LogP contribution is 2.30. The van der Waals surface area contributed by atoms with Crippen molar-refractivity contribution < 1.29 is 4.79 Å². The number of nitrogens with one attached hydrogen (secondary N) is 2. The van der Waals surface area contributed by atoms with Crippen molar-refractivity contribution in [3.8, 4) is 0 Å². The molecule has 2 aromatic carbocycles. The van der Waals surface area contributed by atoms with Crippen molar-refractivity contribution in [1.82, 2.24) is 9.97 Å². The third kappa shape index (κ3) is 5.57. The van der Waals surface area contributed by atoms with E-state index < -0.39 is 6.03 Å². The van der Waals surface area contributed by atoms with Crippen LogP contribution in [0.15, 0.2) is 54.9 Å². The Kier molecular flexibility index (Phi) is 7.55. The molecule has 0 saturated carbocycles. The van der Waals surface area contributed by atoms with E-state index in [1.807, 2.05) is 12.1 Å². The highest BCUT2D eigenvalue weighted by Gasteiger charge is 2.16. The molecule has 0 bridgehead atoms. The molecule has 0 aliphatic heterocycles. The fourth-order valence-corrected chi connectivity index (χ4v) is 3.50. The number of halogens is 2. The molecule has 31 heavy (non-hydrogen) atoms. The average Bonchev–Trinajstić information content (AvgIpc) is 2.78. The van der Waals surface area contributed by atoms with Crippen molar-refractivity contribution in [2.24, 2.45) is 0 Å². The van der Waals surface area contributed by atoms with Gasteiger partial charge < -0.3 is 15.5 Å². The van der Waals surface area contributed by atoms with Crippen molar-refractivity contribution in [2.75, 3.05) is 40.6 Å². The lowest BCUT2D eigenvalue weighted by Crippen LogP contribution is -2.32. The molecule has 0 spiro atoms. The molecule has 2 N–H and O–H groups in total. The molecular formula is C22H24Cl2N6O. The number of nitrogens with zero attached hydrogens (tertiary/aromatic N) is 4. The van der Waals surface area contributed by atoms with Gasteiger partial charge in [-0.2, -0.15) is 0 Å². The Morgan fingerprint density at radius 1 is 1.00 bits per heavy atom. The van der Waals surface area contributed by atoms with Crippen LogP contribution in [0.2, 0.25) is 10.0 Å². The summed E-state index contributed by atoms with van der Waals surface area (Å²) in [7, 11) is 1.60. The Bertz CT molecular complexity index is 1020. The minimum absolute atomic E-state index is 0.350. The average molecular weight is 459 g/mol. The van der Waals surface area contributed by atoms with Crippen molar-refractivity contribution in [3.63, 3.8) is 0 Å². The molecule has 0 aliphatic rings. The van der Waals surface area contributed by atoms with E-state index in [4.69, 9.17) is 23.2 Å². The molecule has 1 aromatic heterocycles. The van der Waals surface area contributed by atoms with Gasteiger partial charge in [-0.25, -0.2) is 14.8 Å². The summed E-state index contributed by atoms with van der Waals surface area (Å²) in [5.74, 6) is 0.981. The Hall–Kier alpha value is -3.03. The van der Waals surface area contributed by atoms with Gasteiger partial charge in [0.25, 0.3) is 0 Å². The van der Waals surface area contributed by atoms with E-state index >= 15 is 0 Å². The normalized spacial score (nSPS) is 10.5. The van der Waals surface area contributed by atoms with Gasteiger partial charge in [-0.3, -0.25) is 4.90 Å². The summed E-state index contributed by atoms with van der Waals surface area (Å²) in [5, 5.41) is 6.66. The molecule has 0 aliphatic carbocycles. The standard InChI is InChI=1S/C22H24Cl2N6O/c1-4-30(5-2)16-11-9-15(10-12-16)27-19-13-20(26-14-25-19)29(3)22(31)28-21-17(23)7-6-8-18(21)24/h6-14H,4-5H2,1-3H3,(H,28,31)(H,25,26,27). The highest BCUT2D eigenvalue weighted by molar-refractivity contribution is 6.39. The van der Waals surface area contributed by atoms with Crippen LogP contribution in [0.3, 0.4) is 0 Å². The van der Waals surface area contributed by atoms with Crippen LogP contribution in [-0.2, 0) is 0 Å². The molecule has 1 heterocycles. The van der Waals surface area contributed by atoms with Crippen molar-refractivity contribution in [3.05, 3.63) is 64.9 Å². The second-order valence-electron chi connectivity index (χ2n) is 6.69. The molecule has 0 fully saturated rings. The number of aromatic nitrogens is 2. The molecule has 3 aromatic rings. The van der Waals surface area contributed by atoms with Crippen LogP contribution in [0.4, 0.5) is 33.5 Å². The van der Waals surface area contributed by atoms with E-state index in [1.54, 1.807) is 31.3 Å². The lowest BCUT2D eigenvalue weighted by Gasteiger charge is -2.21. The quantitative estimate of drug-likeness (QED) is 0.451. The molecule has 0 unspecified atom stereocenters. The lowest BCUT2D eigenvalue weighted by atomic mass is 10.2. The molecular weight excluding hydrogens is 435 g/mol. The maximum atomic E-state index is 12.7. The van der Waals surface area contributed by atoms with Crippen molar-refractivity contribution >= 4 is 57.9 Å². The zero-order valence-corrected chi connectivity index (χ0v) is 19.1. The van der Waals surface area contributed by atoms with Crippen LogP contribution in [0.5, 0.6) is 0 Å². The number of amides is 2. The molecule has 162 valence electrons. The fraction of sp³-hybridized carbons (Fsp3) is 0.227. The lowest BCUT2D eigenvalue weighted by molar-refractivity contribution is 0.258. The predicted molar refractivity (Wildman–Crippen MR) is 129 cm³/mol. The number of urea groups is 1. The first kappa shape index (κ1) is 22.7. The third-order valence-electron chi connectivity index (χ3n) is 4.76. The van der Waals surface area contributed by atoms with Gasteiger partial charge in [0, 0.05) is 37.6 Å². The number of carbonyl (C=O) groups is 1. The van der Waals surface area contributed by atoms with E-state index in [2.05, 4.69) is 51.5 Å². The first-order valence-corrected chi connectivity index (χ1v) is 10.6. The van der Waals surface area contributed by atoms with Crippen LogP contribution < -0.4 is 20.4 Å². The summed E-state index contributed by atoms with van der Waals surface area (Å²) < 4.78 is 0. The SMILES string of the molecule is CCN(CC)c1ccc(Nc2cc(N(C)C(=O)Nc3c(Cl)cccc3Cl)ncn2)cc1. The molecule has 0 radical (unpaired) electrons. The number of benzene rings is 2. The van der Waals surface area contributed by atoms with E-state index in [1.165, 1.54) is 11.2 Å². The minimum atomic E-state index is -0.428. The summed E-state index contributed by atoms with van der Waals surface area (Å²) >= 11 is 12.3. The third-order valence-corrected chi connectivity index (χ3v) is 5.39. The summed E-state index contributed by atoms with van der Waals surface area (Å²) in [6.45, 7) is 6.16. The fourth-order valence-electron chi connectivity index (χ4n) is 3.00. The zero-order valence-electron chi connectivity index (χ0n) is 17.6. The smallest absolute Gasteiger partial charge is 0.327 e. The van der Waals surface area contributed by atoms with Crippen LogP contribution in [0, 0.1) is 0 Å². The van der Waals surface area contributed by atoms with Gasteiger partial charge in [0.2, 0.25) is 0 Å². The van der Waals surface area contributed by atoms with Crippen LogP contribution in [-0.4, -0.2) is 36.1 Å². The summed E-state index contributed by atoms with van der Waals surface area (Å²) in [4.78, 5) is 24.7.